The van der Waals surface area contributed by atoms with Crippen LogP contribution < -0.4 is 5.73 Å². The molecule has 3 N–H and O–H groups in total. The van der Waals surface area contributed by atoms with Gasteiger partial charge >= 0.3 is 12.1 Å². The fourth-order valence-corrected chi connectivity index (χ4v) is 1.72. The van der Waals surface area contributed by atoms with E-state index in [1.54, 1.807) is 0 Å². The van der Waals surface area contributed by atoms with Crippen molar-refractivity contribution in [1.82, 2.24) is 0 Å². The Bertz CT molecular complexity index is 335. The predicted octanol–water partition coefficient (Wildman–Crippen LogP) is 1.55. The molecule has 78 valence electrons. The number of carboxylic acids is 1. The molecule has 7 heteroatoms. The van der Waals surface area contributed by atoms with Crippen LogP contribution in [0.25, 0.3) is 0 Å². The monoisotopic (exact) mass is 225 g/mol. The first kappa shape index (κ1) is 11.0. The molecule has 1 unspecified atom stereocenters. The van der Waals surface area contributed by atoms with Gasteiger partial charge in [0, 0.05) is 4.88 Å². The van der Waals surface area contributed by atoms with Crippen LogP contribution in [0.15, 0.2) is 17.5 Å². The van der Waals surface area contributed by atoms with Crippen LogP contribution in [0, 0.1) is 0 Å². The van der Waals surface area contributed by atoms with Crippen molar-refractivity contribution < 1.29 is 23.1 Å². The molecule has 1 heterocycles. The smallest absolute Gasteiger partial charge is 0.422 e. The van der Waals surface area contributed by atoms with Gasteiger partial charge in [0.2, 0.25) is 5.54 Å². The number of carboxylic acid groups (broad SMARTS) is 1. The maximum atomic E-state index is 12.4. The van der Waals surface area contributed by atoms with E-state index in [2.05, 4.69) is 0 Å². The number of hydrogen-bond acceptors (Lipinski definition) is 3. The molecule has 0 radical (unpaired) electrons. The van der Waals surface area contributed by atoms with E-state index in [1.165, 1.54) is 11.4 Å². The molecule has 0 aliphatic rings. The van der Waals surface area contributed by atoms with Crippen molar-refractivity contribution in [2.75, 3.05) is 0 Å². The maximum Gasteiger partial charge on any atom is 0.422 e. The minimum atomic E-state index is -5.01. The van der Waals surface area contributed by atoms with Gasteiger partial charge in [-0.05, 0) is 11.4 Å². The first-order valence-corrected chi connectivity index (χ1v) is 4.31. The van der Waals surface area contributed by atoms with Gasteiger partial charge in [0.15, 0.2) is 0 Å². The summed E-state index contributed by atoms with van der Waals surface area (Å²) in [5.74, 6) is -2.10. The Morgan fingerprint density at radius 2 is 2.07 bits per heavy atom. The Hall–Kier alpha value is -1.08. The van der Waals surface area contributed by atoms with Gasteiger partial charge in [0.25, 0.3) is 0 Å². The molecule has 0 saturated heterocycles. The molecule has 1 rings (SSSR count). The molecule has 1 aromatic rings. The lowest BCUT2D eigenvalue weighted by atomic mass is 9.98. The number of alkyl halides is 3. The molecule has 1 atom stereocenters. The molecule has 0 aliphatic carbocycles. The zero-order valence-electron chi connectivity index (χ0n) is 6.71. The summed E-state index contributed by atoms with van der Waals surface area (Å²) in [4.78, 5) is 10.1. The van der Waals surface area contributed by atoms with E-state index in [0.717, 1.165) is 6.07 Å². The molecule has 0 bridgehead atoms. The summed E-state index contributed by atoms with van der Waals surface area (Å²) in [5.41, 5.74) is 1.57. The first-order valence-electron chi connectivity index (χ1n) is 3.43. The van der Waals surface area contributed by atoms with Gasteiger partial charge in [-0.25, -0.2) is 4.79 Å². The third kappa shape index (κ3) is 1.48. The zero-order chi connectivity index (χ0) is 11.0. The molecule has 0 spiro atoms. The largest absolute Gasteiger partial charge is 0.479 e. The SMILES string of the molecule is NC(C(=O)O)(c1cccs1)C(F)(F)F. The van der Waals surface area contributed by atoms with Crippen molar-refractivity contribution in [2.24, 2.45) is 5.73 Å². The van der Waals surface area contributed by atoms with Crippen LogP contribution in [0.5, 0.6) is 0 Å². The normalized spacial score (nSPS) is 16.3. The Morgan fingerprint density at radius 1 is 1.50 bits per heavy atom. The average Bonchev–Trinajstić information content (AvgIpc) is 2.52. The van der Waals surface area contributed by atoms with Gasteiger partial charge in [0.1, 0.15) is 0 Å². The van der Waals surface area contributed by atoms with E-state index in [9.17, 15) is 18.0 Å². The van der Waals surface area contributed by atoms with Crippen molar-refractivity contribution in [3.05, 3.63) is 22.4 Å². The maximum absolute atomic E-state index is 12.4. The van der Waals surface area contributed by atoms with Crippen LogP contribution in [0.4, 0.5) is 13.2 Å². The number of thiophene rings is 1. The summed E-state index contributed by atoms with van der Waals surface area (Å²) in [6, 6.07) is 2.36. The average molecular weight is 225 g/mol. The number of nitrogens with two attached hydrogens (primary N) is 1. The van der Waals surface area contributed by atoms with Gasteiger partial charge in [-0.3, -0.25) is 0 Å². The molecule has 0 aromatic carbocycles. The van der Waals surface area contributed by atoms with E-state index in [4.69, 9.17) is 10.8 Å². The summed E-state index contributed by atoms with van der Waals surface area (Å²) in [5, 5.41) is 9.84. The van der Waals surface area contributed by atoms with Gasteiger partial charge in [0.05, 0.1) is 0 Å². The third-order valence-corrected chi connectivity index (χ3v) is 2.70. The van der Waals surface area contributed by atoms with Gasteiger partial charge < -0.3 is 10.8 Å². The lowest BCUT2D eigenvalue weighted by Gasteiger charge is -2.25. The topological polar surface area (TPSA) is 63.3 Å². The first-order chi connectivity index (χ1) is 6.30. The number of carbonyl (C=O) groups is 1. The van der Waals surface area contributed by atoms with E-state index in [1.807, 2.05) is 0 Å². The summed E-state index contributed by atoms with van der Waals surface area (Å²) in [6.07, 6.45) is -5.01. The second kappa shape index (κ2) is 3.25. The lowest BCUT2D eigenvalue weighted by molar-refractivity contribution is -0.204. The van der Waals surface area contributed by atoms with Crippen molar-refractivity contribution in [3.8, 4) is 0 Å². The molecule has 0 aliphatic heterocycles. The highest BCUT2D eigenvalue weighted by Gasteiger charge is 2.60. The zero-order valence-corrected chi connectivity index (χ0v) is 7.52. The second-order valence-electron chi connectivity index (χ2n) is 2.59. The molecule has 3 nitrogen and oxygen atoms in total. The number of halogens is 3. The minimum Gasteiger partial charge on any atom is -0.479 e. The van der Waals surface area contributed by atoms with Crippen LogP contribution in [0.2, 0.25) is 0 Å². The number of aliphatic carboxylic acids is 1. The highest BCUT2D eigenvalue weighted by Crippen LogP contribution is 2.38. The van der Waals surface area contributed by atoms with Crippen molar-refractivity contribution in [3.63, 3.8) is 0 Å². The van der Waals surface area contributed by atoms with Crippen LogP contribution in [0.1, 0.15) is 4.88 Å². The molecule has 14 heavy (non-hydrogen) atoms. The molecular formula is C7H6F3NO2S. The van der Waals surface area contributed by atoms with E-state index < -0.39 is 22.6 Å². The van der Waals surface area contributed by atoms with E-state index in [-0.39, 0.29) is 0 Å². The van der Waals surface area contributed by atoms with Gasteiger partial charge in [-0.2, -0.15) is 13.2 Å². The predicted molar refractivity (Wildman–Crippen MR) is 43.9 cm³/mol. The molecule has 0 fully saturated rings. The Balaban J connectivity index is 3.27. The van der Waals surface area contributed by atoms with Crippen LogP contribution in [-0.4, -0.2) is 17.3 Å². The lowest BCUT2D eigenvalue weighted by Crippen LogP contribution is -2.56. The Kier molecular flexibility index (Phi) is 2.55. The van der Waals surface area contributed by atoms with Crippen LogP contribution >= 0.6 is 11.3 Å². The highest BCUT2D eigenvalue weighted by molar-refractivity contribution is 7.10. The number of rotatable bonds is 2. The van der Waals surface area contributed by atoms with Crippen LogP contribution in [0.3, 0.4) is 0 Å². The quantitative estimate of drug-likeness (QED) is 0.802. The fraction of sp³-hybridized carbons (Fsp3) is 0.286. The molecule has 1 aromatic heterocycles. The minimum absolute atomic E-state index is 0.433. The van der Waals surface area contributed by atoms with E-state index in [0.29, 0.717) is 11.3 Å². The fourth-order valence-electron chi connectivity index (χ4n) is 0.869. The Labute approximate surface area is 81.0 Å². The molecule has 0 saturated carbocycles. The van der Waals surface area contributed by atoms with Gasteiger partial charge in [-0.15, -0.1) is 11.3 Å². The van der Waals surface area contributed by atoms with Crippen molar-refractivity contribution in [2.45, 2.75) is 11.7 Å². The highest BCUT2D eigenvalue weighted by atomic mass is 32.1. The summed E-state index contributed by atoms with van der Waals surface area (Å²) in [6.45, 7) is 0. The second-order valence-corrected chi connectivity index (χ2v) is 3.54. The summed E-state index contributed by atoms with van der Waals surface area (Å²) >= 11 is 0.659. The van der Waals surface area contributed by atoms with Crippen molar-refractivity contribution >= 4 is 17.3 Å². The number of hydrogen-bond donors (Lipinski definition) is 2. The van der Waals surface area contributed by atoms with Gasteiger partial charge in [-0.1, -0.05) is 6.07 Å². The summed E-state index contributed by atoms with van der Waals surface area (Å²) < 4.78 is 37.3. The van der Waals surface area contributed by atoms with E-state index >= 15 is 0 Å². The molecular weight excluding hydrogens is 219 g/mol. The standard InChI is InChI=1S/C7H6F3NO2S/c8-7(9,10)6(11,5(12)13)4-2-1-3-14-4/h1-3H,11H2,(H,12,13). The Morgan fingerprint density at radius 3 is 2.36 bits per heavy atom. The molecule has 0 amide bonds. The summed E-state index contributed by atoms with van der Waals surface area (Å²) in [7, 11) is 0. The van der Waals surface area contributed by atoms with Crippen LogP contribution in [-0.2, 0) is 10.3 Å². The van der Waals surface area contributed by atoms with Crippen molar-refractivity contribution in [1.29, 1.82) is 0 Å². The third-order valence-electron chi connectivity index (χ3n) is 1.69.